The molecular formula is C31H31IN5O-. The maximum atomic E-state index is 10.7. The average molecular weight is 617 g/mol. The maximum absolute atomic E-state index is 10.7. The molecule has 2 N–H and O–H groups in total. The van der Waals surface area contributed by atoms with Crippen LogP contribution in [0.5, 0.6) is 0 Å². The van der Waals surface area contributed by atoms with Crippen LogP contribution in [0.2, 0.25) is 0 Å². The molecule has 6 nitrogen and oxygen atoms in total. The molecule has 0 radical (unpaired) electrons. The quantitative estimate of drug-likeness (QED) is 0.227. The van der Waals surface area contributed by atoms with E-state index in [1.807, 2.05) is 45.4 Å². The summed E-state index contributed by atoms with van der Waals surface area (Å²) < 4.78 is 3.25. The second-order valence-electron chi connectivity index (χ2n) is 9.84. The molecule has 1 saturated heterocycles. The number of alkyl halides is 1. The van der Waals surface area contributed by atoms with Crippen molar-refractivity contribution in [1.82, 2.24) is 19.9 Å². The van der Waals surface area contributed by atoms with Crippen LogP contribution in [-0.2, 0) is 0 Å². The molecule has 6 rings (SSSR count). The molecule has 0 spiro atoms. The predicted molar refractivity (Wildman–Crippen MR) is 151 cm³/mol. The Morgan fingerprint density at radius 1 is 0.947 bits per heavy atom. The molecule has 7 heteroatoms. The molecule has 0 bridgehead atoms. The van der Waals surface area contributed by atoms with Crippen LogP contribution in [0.1, 0.15) is 23.5 Å². The van der Waals surface area contributed by atoms with Crippen molar-refractivity contribution < 1.29 is 26.3 Å². The second kappa shape index (κ2) is 10.5. The minimum absolute atomic E-state index is 0.460. The molecule has 1 unspecified atom stereocenters. The summed E-state index contributed by atoms with van der Waals surface area (Å²) in [5, 5.41) is 21.0. The van der Waals surface area contributed by atoms with Gasteiger partial charge in [0.25, 0.3) is 0 Å². The van der Waals surface area contributed by atoms with E-state index in [-0.39, 0.29) is 0 Å². The molecule has 0 saturated carbocycles. The van der Waals surface area contributed by atoms with Gasteiger partial charge in [-0.1, -0.05) is 0 Å². The molecular weight excluding hydrogens is 585 g/mol. The molecule has 3 aromatic carbocycles. The average Bonchev–Trinajstić information content (AvgIpc) is 3.36. The summed E-state index contributed by atoms with van der Waals surface area (Å²) in [6.45, 7) is 10.4. The van der Waals surface area contributed by atoms with Gasteiger partial charge in [-0.3, -0.25) is 0 Å². The topological polar surface area (TPSA) is 65.7 Å². The fourth-order valence-electron chi connectivity index (χ4n) is 5.61. The molecule has 1 fully saturated rings. The Balaban J connectivity index is 1.34. The number of aromatic nitrogens is 3. The first kappa shape index (κ1) is 25.0. The van der Waals surface area contributed by atoms with Gasteiger partial charge in [0.1, 0.15) is 0 Å². The summed E-state index contributed by atoms with van der Waals surface area (Å²) in [6.07, 6.45) is 5.86. The van der Waals surface area contributed by atoms with Gasteiger partial charge in [-0.2, -0.15) is 0 Å². The number of hydrogen-bond acceptors (Lipinski definition) is 5. The number of nitrogens with zero attached hydrogens (tertiary/aromatic N) is 4. The Labute approximate surface area is 233 Å². The van der Waals surface area contributed by atoms with E-state index >= 15 is 0 Å². The van der Waals surface area contributed by atoms with Crippen LogP contribution >= 0.6 is 0 Å². The van der Waals surface area contributed by atoms with Crippen molar-refractivity contribution >= 4 is 22.1 Å². The van der Waals surface area contributed by atoms with Crippen LogP contribution in [0.25, 0.3) is 38.7 Å². The summed E-state index contributed by atoms with van der Waals surface area (Å²) in [4.78, 5) is 7.34. The number of rotatable bonds is 6. The first-order valence-corrected chi connectivity index (χ1v) is 15.4. The number of aliphatic hydroxyl groups is 1. The van der Waals surface area contributed by atoms with Crippen molar-refractivity contribution in [1.29, 1.82) is 0 Å². The van der Waals surface area contributed by atoms with Crippen LogP contribution in [0.4, 0.5) is 5.69 Å². The zero-order chi connectivity index (χ0) is 26.2. The summed E-state index contributed by atoms with van der Waals surface area (Å²) in [6, 6.07) is 22.0. The standard InChI is InChI=1S/C31H31IN5O/c1-4-32-30(38)28-10-6-7-25-26(28)8-5-9-27(25)29-18-35-36-19-23(17-34-31(29)36)22-11-13-24(14-12-22)37-20(2)15-33-16-21(37)3/h4-14,17-21,30,33,38H,1,15-16H2,2-3H3/q-1/t20-,21+,30?. The van der Waals surface area contributed by atoms with Gasteiger partial charge in [-0.25, -0.2) is 0 Å². The number of aliphatic hydroxyl groups excluding tert-OH is 1. The fraction of sp³-hybridized carbons (Fsp3) is 0.226. The van der Waals surface area contributed by atoms with Gasteiger partial charge in [0, 0.05) is 30.9 Å². The number of nitrogens with one attached hydrogen (secondary N) is 1. The number of benzene rings is 3. The van der Waals surface area contributed by atoms with Gasteiger partial charge >= 0.3 is 167 Å². The summed E-state index contributed by atoms with van der Waals surface area (Å²) in [7, 11) is 0. The van der Waals surface area contributed by atoms with Crippen molar-refractivity contribution in [2.45, 2.75) is 30.0 Å². The monoisotopic (exact) mass is 616 g/mol. The Bertz CT molecular complexity index is 1600. The van der Waals surface area contributed by atoms with Crippen LogP contribution in [-0.4, -0.2) is 44.9 Å². The van der Waals surface area contributed by atoms with Crippen molar-refractivity contribution in [3.63, 3.8) is 0 Å². The molecule has 2 aromatic heterocycles. The van der Waals surface area contributed by atoms with Gasteiger partial charge < -0.3 is 10.2 Å². The molecule has 38 heavy (non-hydrogen) atoms. The molecule has 3 heterocycles. The number of piperazine rings is 1. The third kappa shape index (κ3) is 4.48. The summed E-state index contributed by atoms with van der Waals surface area (Å²) in [5.41, 5.74) is 7.20. The SMILES string of the molecule is C=C[I-]C(O)c1cccc2c(-c3cnn4cc(-c5ccc(N6[C@H](C)CNC[C@@H]6C)cc5)cnc34)cccc12. The van der Waals surface area contributed by atoms with E-state index < -0.39 is 25.3 Å². The van der Waals surface area contributed by atoms with Crippen LogP contribution in [0, 0.1) is 0 Å². The Morgan fingerprint density at radius 2 is 1.68 bits per heavy atom. The molecule has 0 aliphatic carbocycles. The number of anilines is 1. The van der Waals surface area contributed by atoms with Crippen LogP contribution in [0.15, 0.2) is 89.9 Å². The Morgan fingerprint density at radius 3 is 2.45 bits per heavy atom. The summed E-state index contributed by atoms with van der Waals surface area (Å²) >= 11 is -0.525. The van der Waals surface area contributed by atoms with Crippen LogP contribution in [0.3, 0.4) is 0 Å². The molecule has 0 amide bonds. The first-order chi connectivity index (χ1) is 18.5. The van der Waals surface area contributed by atoms with Gasteiger partial charge in [0.2, 0.25) is 0 Å². The van der Waals surface area contributed by atoms with E-state index in [2.05, 4.69) is 78.2 Å². The van der Waals surface area contributed by atoms with Gasteiger partial charge in [-0.15, -0.1) is 0 Å². The van der Waals surface area contributed by atoms with E-state index in [0.29, 0.717) is 12.1 Å². The Hall–Kier alpha value is -3.27. The predicted octanol–water partition coefficient (Wildman–Crippen LogP) is 2.63. The van der Waals surface area contributed by atoms with E-state index in [9.17, 15) is 5.11 Å². The molecule has 194 valence electrons. The molecule has 5 aromatic rings. The molecule has 1 aliphatic rings. The van der Waals surface area contributed by atoms with Gasteiger partial charge in [0.05, 0.1) is 0 Å². The van der Waals surface area contributed by atoms with E-state index in [1.54, 1.807) is 0 Å². The van der Waals surface area contributed by atoms with Crippen molar-refractivity contribution in [3.8, 4) is 22.3 Å². The Kier molecular flexibility index (Phi) is 6.90. The third-order valence-electron chi connectivity index (χ3n) is 7.40. The van der Waals surface area contributed by atoms with Crippen molar-refractivity contribution in [2.24, 2.45) is 0 Å². The number of hydrogen-bond donors (Lipinski definition) is 2. The number of fused-ring (bicyclic) bond motifs is 2. The van der Waals surface area contributed by atoms with E-state index in [4.69, 9.17) is 4.98 Å². The zero-order valence-corrected chi connectivity index (χ0v) is 23.7. The van der Waals surface area contributed by atoms with Crippen molar-refractivity contribution in [2.75, 3.05) is 18.0 Å². The van der Waals surface area contributed by atoms with E-state index in [0.717, 1.165) is 57.3 Å². The zero-order valence-electron chi connectivity index (χ0n) is 21.6. The van der Waals surface area contributed by atoms with E-state index in [1.165, 1.54) is 5.69 Å². The fourth-order valence-corrected chi connectivity index (χ4v) is 7.02. The molecule has 3 atom stereocenters. The summed E-state index contributed by atoms with van der Waals surface area (Å²) in [5.74, 6) is 0. The van der Waals surface area contributed by atoms with Crippen LogP contribution < -0.4 is 31.4 Å². The molecule has 1 aliphatic heterocycles. The normalized spacial score (nSPS) is 18.8. The van der Waals surface area contributed by atoms with Crippen molar-refractivity contribution in [3.05, 3.63) is 95.5 Å². The van der Waals surface area contributed by atoms with Gasteiger partial charge in [-0.05, 0) is 26.0 Å². The second-order valence-corrected chi connectivity index (χ2v) is 12.6. The van der Waals surface area contributed by atoms with Gasteiger partial charge in [0.15, 0.2) is 0 Å². The first-order valence-electron chi connectivity index (χ1n) is 12.9. The number of halogens is 1. The third-order valence-corrected chi connectivity index (χ3v) is 9.26. The minimum atomic E-state index is -0.525.